The lowest BCUT2D eigenvalue weighted by Crippen LogP contribution is -2.13. The van der Waals surface area contributed by atoms with E-state index in [0.717, 1.165) is 42.7 Å². The standard InChI is InChI=1S/C21H21N5O2S3/c1-28-14-9-7-13(8-10-14)23-20-25-26-21(31-20)29-12-18(27)24-19-16(11-22)15-5-3-2-4-6-17(15)30-19/h7-10H,2-6,12H2,1H3,(H,23,25)(H,24,27). The number of benzene rings is 1. The molecule has 0 saturated heterocycles. The highest BCUT2D eigenvalue weighted by atomic mass is 32.2. The van der Waals surface area contributed by atoms with Gasteiger partial charge in [-0.05, 0) is 55.5 Å². The number of hydrogen-bond acceptors (Lipinski definition) is 9. The number of fused-ring (bicyclic) bond motifs is 1. The van der Waals surface area contributed by atoms with Gasteiger partial charge in [0.15, 0.2) is 4.34 Å². The monoisotopic (exact) mass is 471 g/mol. The predicted molar refractivity (Wildman–Crippen MR) is 126 cm³/mol. The van der Waals surface area contributed by atoms with E-state index in [1.165, 1.54) is 34.4 Å². The zero-order chi connectivity index (χ0) is 21.6. The highest BCUT2D eigenvalue weighted by Gasteiger charge is 2.21. The quantitative estimate of drug-likeness (QED) is 0.360. The summed E-state index contributed by atoms with van der Waals surface area (Å²) in [5.74, 6) is 0.856. The molecule has 0 fully saturated rings. The second-order valence-corrected chi connectivity index (χ2v) is 10.2. The number of thiophene rings is 1. The van der Waals surface area contributed by atoms with Crippen LogP contribution in [0.1, 0.15) is 35.3 Å². The molecule has 0 bridgehead atoms. The lowest BCUT2D eigenvalue weighted by Gasteiger charge is -2.03. The molecule has 4 rings (SSSR count). The van der Waals surface area contributed by atoms with Gasteiger partial charge in [-0.1, -0.05) is 29.5 Å². The smallest absolute Gasteiger partial charge is 0.235 e. The third-order valence-corrected chi connectivity index (χ3v) is 8.04. The number of anilines is 3. The first-order chi connectivity index (χ1) is 15.2. The molecule has 1 aliphatic rings. The van der Waals surface area contributed by atoms with Crippen LogP contribution in [0.25, 0.3) is 0 Å². The normalized spacial score (nSPS) is 13.0. The zero-order valence-corrected chi connectivity index (χ0v) is 19.4. The molecule has 10 heteroatoms. The average molecular weight is 472 g/mol. The van der Waals surface area contributed by atoms with Gasteiger partial charge in [0.2, 0.25) is 11.0 Å². The molecule has 0 saturated carbocycles. The van der Waals surface area contributed by atoms with Gasteiger partial charge in [0.25, 0.3) is 0 Å². The average Bonchev–Trinajstić information content (AvgIpc) is 3.28. The van der Waals surface area contributed by atoms with Gasteiger partial charge >= 0.3 is 0 Å². The topological polar surface area (TPSA) is 99.9 Å². The lowest BCUT2D eigenvalue weighted by molar-refractivity contribution is -0.113. The highest BCUT2D eigenvalue weighted by molar-refractivity contribution is 8.01. The Hall–Kier alpha value is -2.61. The summed E-state index contributed by atoms with van der Waals surface area (Å²) in [5.41, 5.74) is 2.65. The third kappa shape index (κ3) is 5.36. The largest absolute Gasteiger partial charge is 0.497 e. The molecule has 160 valence electrons. The maximum absolute atomic E-state index is 12.5. The van der Waals surface area contributed by atoms with E-state index in [4.69, 9.17) is 4.74 Å². The van der Waals surface area contributed by atoms with Gasteiger partial charge in [-0.2, -0.15) is 5.26 Å². The Morgan fingerprint density at radius 2 is 2.00 bits per heavy atom. The van der Waals surface area contributed by atoms with Crippen LogP contribution < -0.4 is 15.4 Å². The van der Waals surface area contributed by atoms with Crippen LogP contribution >= 0.6 is 34.4 Å². The fourth-order valence-corrected chi connectivity index (χ4v) is 6.18. The number of carbonyl (C=O) groups excluding carboxylic acids is 1. The molecule has 0 spiro atoms. The summed E-state index contributed by atoms with van der Waals surface area (Å²) in [4.78, 5) is 13.7. The van der Waals surface area contributed by atoms with Crippen LogP contribution in [0.15, 0.2) is 28.6 Å². The van der Waals surface area contributed by atoms with E-state index in [-0.39, 0.29) is 11.7 Å². The van der Waals surface area contributed by atoms with Crippen molar-refractivity contribution in [1.29, 1.82) is 5.26 Å². The number of nitriles is 1. The summed E-state index contributed by atoms with van der Waals surface area (Å²) < 4.78 is 5.86. The van der Waals surface area contributed by atoms with Crippen molar-refractivity contribution >= 4 is 56.2 Å². The minimum atomic E-state index is -0.141. The molecule has 3 aromatic rings. The summed E-state index contributed by atoms with van der Waals surface area (Å²) >= 11 is 4.27. The molecule has 2 N–H and O–H groups in total. The number of nitrogens with one attached hydrogen (secondary N) is 2. The number of thioether (sulfide) groups is 1. The van der Waals surface area contributed by atoms with Crippen molar-refractivity contribution in [3.8, 4) is 11.8 Å². The molecule has 31 heavy (non-hydrogen) atoms. The number of rotatable bonds is 7. The second kappa shape index (κ2) is 10.1. The summed E-state index contributed by atoms with van der Waals surface area (Å²) in [6.07, 6.45) is 5.36. The zero-order valence-electron chi connectivity index (χ0n) is 16.9. The first kappa shape index (κ1) is 21.6. The molecule has 2 aromatic heterocycles. The molecule has 0 atom stereocenters. The molecule has 0 unspecified atom stereocenters. The number of aromatic nitrogens is 2. The summed E-state index contributed by atoms with van der Waals surface area (Å²) in [5, 5.41) is 25.3. The number of nitrogens with zero attached hydrogens (tertiary/aromatic N) is 3. The first-order valence-corrected chi connectivity index (χ1v) is 12.5. The number of ether oxygens (including phenoxy) is 1. The van der Waals surface area contributed by atoms with Gasteiger partial charge in [-0.3, -0.25) is 4.79 Å². The number of aryl methyl sites for hydroxylation is 1. The highest BCUT2D eigenvalue weighted by Crippen LogP contribution is 2.37. The van der Waals surface area contributed by atoms with Crippen LogP contribution in [0.3, 0.4) is 0 Å². The maximum atomic E-state index is 12.5. The van der Waals surface area contributed by atoms with Crippen molar-refractivity contribution in [1.82, 2.24) is 10.2 Å². The Labute approximate surface area is 192 Å². The fraction of sp³-hybridized carbons (Fsp3) is 0.333. The number of methoxy groups -OCH3 is 1. The molecular weight excluding hydrogens is 450 g/mol. The molecule has 1 aliphatic carbocycles. The van der Waals surface area contributed by atoms with Crippen LogP contribution in [-0.4, -0.2) is 29.0 Å². The van der Waals surface area contributed by atoms with E-state index < -0.39 is 0 Å². The van der Waals surface area contributed by atoms with E-state index in [0.29, 0.717) is 20.0 Å². The van der Waals surface area contributed by atoms with Gasteiger partial charge in [0.1, 0.15) is 16.8 Å². The van der Waals surface area contributed by atoms with Gasteiger partial charge in [0.05, 0.1) is 18.4 Å². The van der Waals surface area contributed by atoms with Crippen LogP contribution in [0, 0.1) is 11.3 Å². The summed E-state index contributed by atoms with van der Waals surface area (Å²) in [6.45, 7) is 0. The maximum Gasteiger partial charge on any atom is 0.235 e. The first-order valence-electron chi connectivity index (χ1n) is 9.88. The van der Waals surface area contributed by atoms with Crippen molar-refractivity contribution in [2.24, 2.45) is 0 Å². The van der Waals surface area contributed by atoms with Crippen LogP contribution in [0.4, 0.5) is 15.8 Å². The van der Waals surface area contributed by atoms with Crippen molar-refractivity contribution in [3.63, 3.8) is 0 Å². The van der Waals surface area contributed by atoms with E-state index in [1.807, 2.05) is 24.3 Å². The van der Waals surface area contributed by atoms with Crippen molar-refractivity contribution in [2.45, 2.75) is 36.4 Å². The SMILES string of the molecule is COc1ccc(Nc2nnc(SCC(=O)Nc3sc4c(c3C#N)CCCCC4)s2)cc1. The predicted octanol–water partition coefficient (Wildman–Crippen LogP) is 5.22. The van der Waals surface area contributed by atoms with Gasteiger partial charge < -0.3 is 15.4 Å². The van der Waals surface area contributed by atoms with E-state index in [9.17, 15) is 10.1 Å². The Balaban J connectivity index is 1.33. The molecular formula is C21H21N5O2S3. The second-order valence-electron chi connectivity index (χ2n) is 6.94. The summed E-state index contributed by atoms with van der Waals surface area (Å²) in [7, 11) is 1.63. The van der Waals surface area contributed by atoms with Crippen LogP contribution in [0.5, 0.6) is 5.75 Å². The Kier molecular flexibility index (Phi) is 7.06. The molecule has 7 nitrogen and oxygen atoms in total. The van der Waals surface area contributed by atoms with Crippen molar-refractivity contribution in [2.75, 3.05) is 23.5 Å². The van der Waals surface area contributed by atoms with Gasteiger partial charge in [0, 0.05) is 10.6 Å². The number of hydrogen-bond donors (Lipinski definition) is 2. The van der Waals surface area contributed by atoms with Crippen LogP contribution in [-0.2, 0) is 17.6 Å². The molecule has 0 aliphatic heterocycles. The number of amides is 1. The fourth-order valence-electron chi connectivity index (χ4n) is 3.36. The minimum Gasteiger partial charge on any atom is -0.497 e. The Morgan fingerprint density at radius 3 is 2.77 bits per heavy atom. The number of carbonyl (C=O) groups is 1. The Bertz CT molecular complexity index is 1100. The van der Waals surface area contributed by atoms with E-state index >= 15 is 0 Å². The molecule has 1 aromatic carbocycles. The van der Waals surface area contributed by atoms with Crippen molar-refractivity contribution < 1.29 is 9.53 Å². The minimum absolute atomic E-state index is 0.141. The third-order valence-electron chi connectivity index (χ3n) is 4.86. The van der Waals surface area contributed by atoms with Gasteiger partial charge in [-0.15, -0.1) is 21.5 Å². The summed E-state index contributed by atoms with van der Waals surface area (Å²) in [6, 6.07) is 9.82. The lowest BCUT2D eigenvalue weighted by atomic mass is 10.1. The molecule has 2 heterocycles. The molecule has 0 radical (unpaired) electrons. The van der Waals surface area contributed by atoms with Crippen molar-refractivity contribution in [3.05, 3.63) is 40.3 Å². The molecule has 1 amide bonds. The Morgan fingerprint density at radius 1 is 1.19 bits per heavy atom. The van der Waals surface area contributed by atoms with E-state index in [1.54, 1.807) is 18.4 Å². The van der Waals surface area contributed by atoms with Gasteiger partial charge in [-0.25, -0.2) is 0 Å². The van der Waals surface area contributed by atoms with Crippen LogP contribution in [0.2, 0.25) is 0 Å². The van der Waals surface area contributed by atoms with E-state index in [2.05, 4.69) is 26.9 Å².